The minimum absolute atomic E-state index is 0.129. The predicted molar refractivity (Wildman–Crippen MR) is 79.2 cm³/mol. The summed E-state index contributed by atoms with van der Waals surface area (Å²) in [4.78, 5) is 26.6. The maximum absolute atomic E-state index is 12.1. The van der Waals surface area contributed by atoms with Crippen LogP contribution in [0, 0.1) is 0 Å². The molecule has 6 nitrogen and oxygen atoms in total. The number of benzene rings is 1. The smallest absolute Gasteiger partial charge is 0.355 e. The third kappa shape index (κ3) is 3.38. The van der Waals surface area contributed by atoms with Gasteiger partial charge in [-0.05, 0) is 23.6 Å². The molecule has 2 aromatic rings. The summed E-state index contributed by atoms with van der Waals surface area (Å²) in [6, 6.07) is 4.83. The molecule has 0 saturated carbocycles. The molecule has 1 aromatic carbocycles. The van der Waals surface area contributed by atoms with Gasteiger partial charge in [-0.15, -0.1) is 11.3 Å². The van der Waals surface area contributed by atoms with Gasteiger partial charge in [-0.2, -0.15) is 0 Å². The van der Waals surface area contributed by atoms with Crippen LogP contribution < -0.4 is 5.32 Å². The lowest BCUT2D eigenvalue weighted by Crippen LogP contribution is -2.13. The van der Waals surface area contributed by atoms with E-state index in [1.54, 1.807) is 12.1 Å². The Morgan fingerprint density at radius 3 is 2.62 bits per heavy atom. The molecule has 0 bridgehead atoms. The average molecular weight is 306 g/mol. The van der Waals surface area contributed by atoms with Crippen LogP contribution in [0.5, 0.6) is 5.75 Å². The zero-order valence-corrected chi connectivity index (χ0v) is 12.3. The minimum Gasteiger partial charge on any atom is -0.507 e. The number of nitrogens with zero attached hydrogens (tertiary/aromatic N) is 1. The number of carboxylic acid groups (broad SMARTS) is 1. The number of anilines is 1. The van der Waals surface area contributed by atoms with Gasteiger partial charge in [0.25, 0.3) is 5.91 Å². The van der Waals surface area contributed by atoms with Gasteiger partial charge >= 0.3 is 5.97 Å². The van der Waals surface area contributed by atoms with E-state index in [9.17, 15) is 14.7 Å². The summed E-state index contributed by atoms with van der Waals surface area (Å²) in [6.07, 6.45) is 0. The van der Waals surface area contributed by atoms with E-state index in [0.29, 0.717) is 0 Å². The third-order valence-electron chi connectivity index (χ3n) is 2.88. The number of phenols is 1. The highest BCUT2D eigenvalue weighted by Gasteiger charge is 2.16. The van der Waals surface area contributed by atoms with Crippen molar-refractivity contribution in [2.24, 2.45) is 0 Å². The number of hydrogen-bond acceptors (Lipinski definition) is 5. The average Bonchev–Trinajstić information content (AvgIpc) is 2.87. The van der Waals surface area contributed by atoms with Gasteiger partial charge in [-0.3, -0.25) is 10.1 Å². The lowest BCUT2D eigenvalue weighted by atomic mass is 10.00. The van der Waals surface area contributed by atoms with Crippen molar-refractivity contribution >= 4 is 28.3 Å². The molecule has 0 radical (unpaired) electrons. The number of carbonyl (C=O) groups excluding carboxylic acids is 1. The third-order valence-corrected chi connectivity index (χ3v) is 3.63. The van der Waals surface area contributed by atoms with E-state index in [0.717, 1.165) is 16.9 Å². The number of aromatic hydroxyl groups is 1. The van der Waals surface area contributed by atoms with Crippen LogP contribution in [0.3, 0.4) is 0 Å². The van der Waals surface area contributed by atoms with Gasteiger partial charge in [-0.25, -0.2) is 9.78 Å². The SMILES string of the molecule is CC(C)c1ccc(O)c(C(=O)Nc2nc(C(=O)O)cs2)c1. The number of aromatic carboxylic acids is 1. The lowest BCUT2D eigenvalue weighted by molar-refractivity contribution is 0.0691. The number of carboxylic acids is 1. The number of nitrogens with one attached hydrogen (secondary N) is 1. The molecular formula is C14H14N2O4S. The zero-order valence-electron chi connectivity index (χ0n) is 11.5. The summed E-state index contributed by atoms with van der Waals surface area (Å²) in [5.41, 5.74) is 0.923. The van der Waals surface area contributed by atoms with Crippen LogP contribution in [0.2, 0.25) is 0 Å². The minimum atomic E-state index is -1.16. The molecule has 0 aliphatic carbocycles. The maximum Gasteiger partial charge on any atom is 0.355 e. The van der Waals surface area contributed by atoms with Crippen molar-refractivity contribution in [1.82, 2.24) is 4.98 Å². The van der Waals surface area contributed by atoms with Crippen molar-refractivity contribution in [2.45, 2.75) is 19.8 Å². The number of rotatable bonds is 4. The van der Waals surface area contributed by atoms with Crippen molar-refractivity contribution in [3.05, 3.63) is 40.4 Å². The molecular weight excluding hydrogens is 292 g/mol. The summed E-state index contributed by atoms with van der Waals surface area (Å²) in [7, 11) is 0. The molecule has 0 spiro atoms. The number of carbonyl (C=O) groups is 2. The monoisotopic (exact) mass is 306 g/mol. The highest BCUT2D eigenvalue weighted by Crippen LogP contribution is 2.25. The van der Waals surface area contributed by atoms with Gasteiger partial charge in [0.1, 0.15) is 5.75 Å². The van der Waals surface area contributed by atoms with Gasteiger partial charge in [0, 0.05) is 5.38 Å². The second-order valence-corrected chi connectivity index (χ2v) is 5.59. The molecule has 110 valence electrons. The fraction of sp³-hybridized carbons (Fsp3) is 0.214. The number of aromatic nitrogens is 1. The summed E-state index contributed by atoms with van der Waals surface area (Å²) in [5.74, 6) is -1.60. The standard InChI is InChI=1S/C14H14N2O4S/c1-7(2)8-3-4-11(17)9(5-8)12(18)16-14-15-10(6-21-14)13(19)20/h3-7,17H,1-2H3,(H,19,20)(H,15,16,18). The summed E-state index contributed by atoms with van der Waals surface area (Å²) >= 11 is 1.01. The Hall–Kier alpha value is -2.41. The summed E-state index contributed by atoms with van der Waals surface area (Å²) in [5, 5.41) is 22.6. The fourth-order valence-electron chi connectivity index (χ4n) is 1.69. The Labute approximate surface area is 125 Å². The van der Waals surface area contributed by atoms with Crippen molar-refractivity contribution in [2.75, 3.05) is 5.32 Å². The van der Waals surface area contributed by atoms with Gasteiger partial charge < -0.3 is 10.2 Å². The Bertz CT molecular complexity index is 694. The molecule has 1 amide bonds. The second kappa shape index (κ2) is 5.92. The molecule has 21 heavy (non-hydrogen) atoms. The van der Waals surface area contributed by atoms with Crippen LogP contribution in [0.15, 0.2) is 23.6 Å². The van der Waals surface area contributed by atoms with E-state index in [2.05, 4.69) is 10.3 Å². The van der Waals surface area contributed by atoms with Gasteiger partial charge in [-0.1, -0.05) is 19.9 Å². The van der Waals surface area contributed by atoms with Gasteiger partial charge in [0.05, 0.1) is 5.56 Å². The van der Waals surface area contributed by atoms with Gasteiger partial charge in [0.2, 0.25) is 0 Å². The first-order chi connectivity index (χ1) is 9.88. The van der Waals surface area contributed by atoms with Crippen molar-refractivity contribution in [1.29, 1.82) is 0 Å². The van der Waals surface area contributed by atoms with E-state index in [4.69, 9.17) is 5.11 Å². The summed E-state index contributed by atoms with van der Waals surface area (Å²) < 4.78 is 0. The van der Waals surface area contributed by atoms with E-state index < -0.39 is 11.9 Å². The highest BCUT2D eigenvalue weighted by atomic mass is 32.1. The first-order valence-corrected chi connectivity index (χ1v) is 7.09. The number of phenolic OH excluding ortho intramolecular Hbond substituents is 1. The molecule has 1 aromatic heterocycles. The quantitative estimate of drug-likeness (QED) is 0.806. The molecule has 0 atom stereocenters. The van der Waals surface area contributed by atoms with E-state index >= 15 is 0 Å². The van der Waals surface area contributed by atoms with Crippen LogP contribution >= 0.6 is 11.3 Å². The van der Waals surface area contributed by atoms with Crippen molar-refractivity contribution in [3.63, 3.8) is 0 Å². The maximum atomic E-state index is 12.1. The highest BCUT2D eigenvalue weighted by molar-refractivity contribution is 7.14. The topological polar surface area (TPSA) is 99.5 Å². The Morgan fingerprint density at radius 2 is 2.05 bits per heavy atom. The Morgan fingerprint density at radius 1 is 1.33 bits per heavy atom. The molecule has 2 rings (SSSR count). The lowest BCUT2D eigenvalue weighted by Gasteiger charge is -2.09. The molecule has 0 saturated heterocycles. The number of amides is 1. The molecule has 3 N–H and O–H groups in total. The van der Waals surface area contributed by atoms with E-state index in [1.165, 1.54) is 11.4 Å². The van der Waals surface area contributed by atoms with Crippen LogP contribution in [0.4, 0.5) is 5.13 Å². The first-order valence-electron chi connectivity index (χ1n) is 6.21. The first kappa shape index (κ1) is 15.0. The molecule has 0 fully saturated rings. The molecule has 0 unspecified atom stereocenters. The van der Waals surface area contributed by atoms with Crippen LogP contribution in [0.25, 0.3) is 0 Å². The van der Waals surface area contributed by atoms with Crippen LogP contribution in [0.1, 0.15) is 46.2 Å². The molecule has 7 heteroatoms. The van der Waals surface area contributed by atoms with Crippen LogP contribution in [-0.2, 0) is 0 Å². The molecule has 0 aliphatic heterocycles. The number of hydrogen-bond donors (Lipinski definition) is 3. The van der Waals surface area contributed by atoms with Crippen molar-refractivity contribution in [3.8, 4) is 5.75 Å². The second-order valence-electron chi connectivity index (χ2n) is 4.73. The fourth-order valence-corrected chi connectivity index (χ4v) is 2.37. The van der Waals surface area contributed by atoms with E-state index in [1.807, 2.05) is 13.8 Å². The van der Waals surface area contributed by atoms with E-state index in [-0.39, 0.29) is 28.1 Å². The molecule has 1 heterocycles. The normalized spacial score (nSPS) is 10.6. The summed E-state index contributed by atoms with van der Waals surface area (Å²) in [6.45, 7) is 3.96. The Kier molecular flexibility index (Phi) is 4.23. The molecule has 0 aliphatic rings. The largest absolute Gasteiger partial charge is 0.507 e. The van der Waals surface area contributed by atoms with Gasteiger partial charge in [0.15, 0.2) is 10.8 Å². The number of thiazole rings is 1. The van der Waals surface area contributed by atoms with Crippen molar-refractivity contribution < 1.29 is 19.8 Å². The van der Waals surface area contributed by atoms with Crippen LogP contribution in [-0.4, -0.2) is 27.1 Å². The Balaban J connectivity index is 2.23. The predicted octanol–water partition coefficient (Wildman–Crippen LogP) is 2.92. The zero-order chi connectivity index (χ0) is 15.6.